The zero-order chi connectivity index (χ0) is 19.2. The largest absolute Gasteiger partial charge is 0.482 e. The normalized spacial score (nSPS) is 15.3. The van der Waals surface area contributed by atoms with E-state index in [4.69, 9.17) is 4.74 Å². The van der Waals surface area contributed by atoms with Crippen LogP contribution in [-0.2, 0) is 14.8 Å². The summed E-state index contributed by atoms with van der Waals surface area (Å²) in [5.41, 5.74) is 1.21. The van der Waals surface area contributed by atoms with Crippen molar-refractivity contribution in [2.24, 2.45) is 0 Å². The summed E-state index contributed by atoms with van der Waals surface area (Å²) in [6.45, 7) is 1.73. The van der Waals surface area contributed by atoms with Gasteiger partial charge in [-0.05, 0) is 37.3 Å². The summed E-state index contributed by atoms with van der Waals surface area (Å²) in [5, 5.41) is 3.35. The van der Waals surface area contributed by atoms with Crippen LogP contribution in [0.15, 0.2) is 47.4 Å². The number of aromatic nitrogens is 1. The van der Waals surface area contributed by atoms with Crippen LogP contribution in [0.5, 0.6) is 5.75 Å². The minimum atomic E-state index is -3.78. The van der Waals surface area contributed by atoms with E-state index in [1.807, 2.05) is 24.3 Å². The molecule has 27 heavy (non-hydrogen) atoms. The van der Waals surface area contributed by atoms with Crippen molar-refractivity contribution in [3.63, 3.8) is 0 Å². The number of para-hydroxylation sites is 1. The molecule has 1 aliphatic rings. The number of nitrogens with zero attached hydrogens (tertiary/aromatic N) is 2. The number of anilines is 1. The van der Waals surface area contributed by atoms with E-state index in [-0.39, 0.29) is 17.4 Å². The van der Waals surface area contributed by atoms with Crippen LogP contribution in [0, 0.1) is 0 Å². The number of fused-ring (bicyclic) bond motifs is 2. The maximum atomic E-state index is 13.1. The Balaban J connectivity index is 1.66. The summed E-state index contributed by atoms with van der Waals surface area (Å²) in [7, 11) is -2.25. The van der Waals surface area contributed by atoms with Gasteiger partial charge in [-0.15, -0.1) is 11.3 Å². The number of sulfonamides is 1. The van der Waals surface area contributed by atoms with Crippen molar-refractivity contribution in [1.82, 2.24) is 9.29 Å². The second kappa shape index (κ2) is 6.59. The number of carbonyl (C=O) groups is 1. The van der Waals surface area contributed by atoms with Gasteiger partial charge in [-0.25, -0.2) is 13.4 Å². The number of thiazole rings is 1. The predicted octanol–water partition coefficient (Wildman–Crippen LogP) is 3.01. The number of ether oxygens (including phenoxy) is 1. The molecule has 0 fully saturated rings. The highest BCUT2D eigenvalue weighted by atomic mass is 32.2. The zero-order valence-corrected chi connectivity index (χ0v) is 16.3. The Labute approximate surface area is 160 Å². The summed E-state index contributed by atoms with van der Waals surface area (Å²) < 4.78 is 33.7. The molecule has 0 radical (unpaired) electrons. The minimum absolute atomic E-state index is 0.0758. The van der Waals surface area contributed by atoms with Crippen molar-refractivity contribution >= 4 is 43.2 Å². The number of rotatable bonds is 4. The highest BCUT2D eigenvalue weighted by Gasteiger charge is 2.29. The molecule has 0 aliphatic carbocycles. The van der Waals surface area contributed by atoms with E-state index in [0.717, 1.165) is 15.2 Å². The SMILES string of the molecule is C[C@H](c1nc2ccccc2s1)N(C)S(=O)(=O)c1ccc2c(c1)NC(=O)CO2. The lowest BCUT2D eigenvalue weighted by Gasteiger charge is -2.24. The van der Waals surface area contributed by atoms with Crippen LogP contribution in [0.3, 0.4) is 0 Å². The molecule has 1 atom stereocenters. The molecule has 2 aromatic carbocycles. The van der Waals surface area contributed by atoms with Gasteiger partial charge in [-0.1, -0.05) is 12.1 Å². The Bertz CT molecular complexity index is 1110. The molecule has 3 aromatic rings. The van der Waals surface area contributed by atoms with Crippen LogP contribution < -0.4 is 10.1 Å². The molecule has 9 heteroatoms. The molecule has 1 aliphatic heterocycles. The highest BCUT2D eigenvalue weighted by molar-refractivity contribution is 7.89. The van der Waals surface area contributed by atoms with E-state index in [0.29, 0.717) is 11.4 Å². The number of hydrogen-bond donors (Lipinski definition) is 1. The molecule has 7 nitrogen and oxygen atoms in total. The maximum absolute atomic E-state index is 13.1. The number of hydrogen-bond acceptors (Lipinski definition) is 6. The Morgan fingerprint density at radius 1 is 1.26 bits per heavy atom. The van der Waals surface area contributed by atoms with Gasteiger partial charge in [0.25, 0.3) is 5.91 Å². The molecule has 0 unspecified atom stereocenters. The van der Waals surface area contributed by atoms with Crippen molar-refractivity contribution < 1.29 is 17.9 Å². The van der Waals surface area contributed by atoms with Crippen molar-refractivity contribution in [2.45, 2.75) is 17.9 Å². The van der Waals surface area contributed by atoms with Crippen molar-refractivity contribution in [1.29, 1.82) is 0 Å². The molecule has 140 valence electrons. The second-order valence-corrected chi connectivity index (χ2v) is 9.27. The third-order valence-corrected chi connectivity index (χ3v) is 7.60. The summed E-state index contributed by atoms with van der Waals surface area (Å²) in [5.74, 6) is 0.142. The van der Waals surface area contributed by atoms with Gasteiger partial charge in [0, 0.05) is 7.05 Å². The van der Waals surface area contributed by atoms with Crippen molar-refractivity contribution in [3.8, 4) is 5.75 Å². The molecular weight excluding hydrogens is 386 g/mol. The van der Waals surface area contributed by atoms with E-state index in [9.17, 15) is 13.2 Å². The summed E-state index contributed by atoms with van der Waals surface area (Å²) in [4.78, 5) is 16.1. The van der Waals surface area contributed by atoms with Crippen LogP contribution in [0.2, 0.25) is 0 Å². The maximum Gasteiger partial charge on any atom is 0.262 e. The van der Waals surface area contributed by atoms with Crippen LogP contribution in [-0.4, -0.2) is 37.3 Å². The van der Waals surface area contributed by atoms with Gasteiger partial charge < -0.3 is 10.1 Å². The Morgan fingerprint density at radius 3 is 2.81 bits per heavy atom. The van der Waals surface area contributed by atoms with Gasteiger partial charge in [-0.2, -0.15) is 4.31 Å². The standard InChI is InChI=1S/C18H17N3O4S2/c1-11(18-20-13-5-3-4-6-16(13)26-18)21(2)27(23,24)12-7-8-15-14(9-12)19-17(22)10-25-15/h3-9,11H,10H2,1-2H3,(H,19,22)/t11-/m1/s1. The molecular formula is C18H17N3O4S2. The fourth-order valence-corrected chi connectivity index (χ4v) is 5.31. The lowest BCUT2D eigenvalue weighted by Crippen LogP contribution is -2.30. The number of nitrogens with one attached hydrogen (secondary N) is 1. The average Bonchev–Trinajstić information content (AvgIpc) is 3.10. The van der Waals surface area contributed by atoms with Gasteiger partial charge in [0.05, 0.1) is 26.8 Å². The molecule has 0 spiro atoms. The third kappa shape index (κ3) is 3.18. The lowest BCUT2D eigenvalue weighted by molar-refractivity contribution is -0.118. The molecule has 4 rings (SSSR count). The first-order valence-corrected chi connectivity index (χ1v) is 10.5. The van der Waals surface area contributed by atoms with Gasteiger partial charge in [0.15, 0.2) is 6.61 Å². The average molecular weight is 403 g/mol. The monoisotopic (exact) mass is 403 g/mol. The molecule has 0 saturated carbocycles. The second-order valence-electron chi connectivity index (χ2n) is 6.21. The topological polar surface area (TPSA) is 88.6 Å². The highest BCUT2D eigenvalue weighted by Crippen LogP contribution is 2.34. The Kier molecular flexibility index (Phi) is 4.37. The summed E-state index contributed by atoms with van der Waals surface area (Å²) >= 11 is 1.47. The van der Waals surface area contributed by atoms with E-state index in [2.05, 4.69) is 10.3 Å². The molecule has 1 aromatic heterocycles. The summed E-state index contributed by atoms with van der Waals surface area (Å²) in [6.07, 6.45) is 0. The summed E-state index contributed by atoms with van der Waals surface area (Å²) in [6, 6.07) is 11.7. The zero-order valence-electron chi connectivity index (χ0n) is 14.7. The van der Waals surface area contributed by atoms with Crippen LogP contribution in [0.4, 0.5) is 5.69 Å². The van der Waals surface area contributed by atoms with Gasteiger partial charge in [0.2, 0.25) is 10.0 Å². The minimum Gasteiger partial charge on any atom is -0.482 e. The van der Waals surface area contributed by atoms with Gasteiger partial charge >= 0.3 is 0 Å². The first kappa shape index (κ1) is 17.9. The molecule has 0 bridgehead atoms. The number of amides is 1. The third-order valence-electron chi connectivity index (χ3n) is 4.47. The fourth-order valence-electron chi connectivity index (χ4n) is 2.82. The lowest BCUT2D eigenvalue weighted by atomic mass is 10.2. The van der Waals surface area contributed by atoms with Crippen LogP contribution >= 0.6 is 11.3 Å². The predicted molar refractivity (Wildman–Crippen MR) is 104 cm³/mol. The molecule has 1 N–H and O–H groups in total. The Morgan fingerprint density at radius 2 is 2.04 bits per heavy atom. The van der Waals surface area contributed by atoms with Gasteiger partial charge in [0.1, 0.15) is 10.8 Å². The molecule has 1 amide bonds. The Hall–Kier alpha value is -2.49. The van der Waals surface area contributed by atoms with Crippen molar-refractivity contribution in [2.75, 3.05) is 19.0 Å². The van der Waals surface area contributed by atoms with Crippen molar-refractivity contribution in [3.05, 3.63) is 47.5 Å². The van der Waals surface area contributed by atoms with E-state index >= 15 is 0 Å². The quantitative estimate of drug-likeness (QED) is 0.723. The smallest absolute Gasteiger partial charge is 0.262 e. The van der Waals surface area contributed by atoms with Crippen LogP contribution in [0.25, 0.3) is 10.2 Å². The molecule has 2 heterocycles. The first-order valence-electron chi connectivity index (χ1n) is 8.26. The van der Waals surface area contributed by atoms with Gasteiger partial charge in [-0.3, -0.25) is 4.79 Å². The first-order chi connectivity index (χ1) is 12.9. The fraction of sp³-hybridized carbons (Fsp3) is 0.222. The van der Waals surface area contributed by atoms with E-state index < -0.39 is 16.1 Å². The van der Waals surface area contributed by atoms with E-state index in [1.165, 1.54) is 34.8 Å². The number of carbonyl (C=O) groups excluding carboxylic acids is 1. The molecule has 0 saturated heterocycles. The van der Waals surface area contributed by atoms with Crippen LogP contribution in [0.1, 0.15) is 18.0 Å². The number of benzene rings is 2. The van der Waals surface area contributed by atoms with E-state index in [1.54, 1.807) is 13.0 Å².